The van der Waals surface area contributed by atoms with Gasteiger partial charge >= 0.3 is 5.69 Å². The molecule has 1 heterocycles. The first kappa shape index (κ1) is 11.1. The lowest BCUT2D eigenvalue weighted by molar-refractivity contribution is 0.226. The summed E-state index contributed by atoms with van der Waals surface area (Å²) in [5.41, 5.74) is -0.121. The average Bonchev–Trinajstić information content (AvgIpc) is 2.71. The van der Waals surface area contributed by atoms with Crippen LogP contribution < -0.4 is 11.2 Å². The van der Waals surface area contributed by atoms with Crippen LogP contribution in [-0.2, 0) is 0 Å². The smallest absolute Gasteiger partial charge is 0.328 e. The molecule has 0 aliphatic heterocycles. The van der Waals surface area contributed by atoms with Crippen molar-refractivity contribution in [3.8, 4) is 0 Å². The molecule has 1 fully saturated rings. The molecule has 2 atom stereocenters. The van der Waals surface area contributed by atoms with Crippen molar-refractivity contribution >= 4 is 0 Å². The number of aliphatic hydroxyl groups excluding tert-OH is 1. The standard InChI is InChI=1S/C11H16N2O3/c1-7-5-13(11(16)12-10(7)15)9-3-2-8(4-9)6-14/h5,8-9,14H,2-4,6H2,1H3,(H,12,15,16). The van der Waals surface area contributed by atoms with Crippen LogP contribution in [-0.4, -0.2) is 21.3 Å². The zero-order valence-corrected chi connectivity index (χ0v) is 9.27. The van der Waals surface area contributed by atoms with Gasteiger partial charge in [0.25, 0.3) is 5.56 Å². The molecule has 2 rings (SSSR count). The lowest BCUT2D eigenvalue weighted by Gasteiger charge is -2.13. The molecule has 5 nitrogen and oxygen atoms in total. The average molecular weight is 224 g/mol. The third kappa shape index (κ3) is 1.95. The van der Waals surface area contributed by atoms with Crippen LogP contribution in [0.25, 0.3) is 0 Å². The van der Waals surface area contributed by atoms with E-state index in [2.05, 4.69) is 4.98 Å². The van der Waals surface area contributed by atoms with Gasteiger partial charge in [-0.3, -0.25) is 14.3 Å². The number of H-pyrrole nitrogens is 1. The summed E-state index contributed by atoms with van der Waals surface area (Å²) >= 11 is 0. The maximum atomic E-state index is 11.6. The highest BCUT2D eigenvalue weighted by molar-refractivity contribution is 5.02. The first-order valence-electron chi connectivity index (χ1n) is 5.54. The maximum Gasteiger partial charge on any atom is 0.328 e. The van der Waals surface area contributed by atoms with Crippen LogP contribution >= 0.6 is 0 Å². The number of nitrogens with zero attached hydrogens (tertiary/aromatic N) is 1. The molecule has 2 unspecified atom stereocenters. The highest BCUT2D eigenvalue weighted by atomic mass is 16.3. The van der Waals surface area contributed by atoms with Gasteiger partial charge in [0.05, 0.1) is 0 Å². The molecule has 0 aromatic carbocycles. The molecule has 1 aliphatic carbocycles. The van der Waals surface area contributed by atoms with E-state index in [-0.39, 0.29) is 29.8 Å². The largest absolute Gasteiger partial charge is 0.396 e. The van der Waals surface area contributed by atoms with Gasteiger partial charge in [0.15, 0.2) is 0 Å². The summed E-state index contributed by atoms with van der Waals surface area (Å²) in [5, 5.41) is 9.05. The molecule has 0 bridgehead atoms. The molecule has 1 aliphatic rings. The molecule has 1 saturated carbocycles. The van der Waals surface area contributed by atoms with Gasteiger partial charge in [0.1, 0.15) is 0 Å². The van der Waals surface area contributed by atoms with E-state index in [4.69, 9.17) is 5.11 Å². The van der Waals surface area contributed by atoms with Crippen LogP contribution in [0.3, 0.4) is 0 Å². The second-order valence-corrected chi connectivity index (χ2v) is 4.49. The zero-order valence-electron chi connectivity index (χ0n) is 9.27. The van der Waals surface area contributed by atoms with Crippen LogP contribution in [0.2, 0.25) is 0 Å². The molecule has 0 amide bonds. The Morgan fingerprint density at radius 1 is 1.50 bits per heavy atom. The Hall–Kier alpha value is -1.36. The third-order valence-electron chi connectivity index (χ3n) is 3.31. The number of hydrogen-bond donors (Lipinski definition) is 2. The van der Waals surface area contributed by atoms with Crippen molar-refractivity contribution in [3.05, 3.63) is 32.6 Å². The minimum atomic E-state index is -0.348. The number of hydrogen-bond acceptors (Lipinski definition) is 3. The monoisotopic (exact) mass is 224 g/mol. The Kier molecular flexibility index (Phi) is 2.96. The summed E-state index contributed by atoms with van der Waals surface area (Å²) in [7, 11) is 0. The van der Waals surface area contributed by atoms with E-state index in [0.29, 0.717) is 5.56 Å². The number of aromatic amines is 1. The van der Waals surface area contributed by atoms with Crippen molar-refractivity contribution in [1.82, 2.24) is 9.55 Å². The Labute approximate surface area is 92.7 Å². The van der Waals surface area contributed by atoms with Crippen molar-refractivity contribution in [2.45, 2.75) is 32.2 Å². The van der Waals surface area contributed by atoms with Gasteiger partial charge in [0, 0.05) is 24.4 Å². The summed E-state index contributed by atoms with van der Waals surface area (Å²) in [5.74, 6) is 0.282. The normalized spacial score (nSPS) is 24.9. The molecule has 1 aromatic rings. The predicted octanol–water partition coefficient (Wildman–Crippen LogP) is 0.179. The molecular formula is C11H16N2O3. The van der Waals surface area contributed by atoms with Crippen LogP contribution in [0.1, 0.15) is 30.9 Å². The summed E-state index contributed by atoms with van der Waals surface area (Å²) < 4.78 is 1.59. The summed E-state index contributed by atoms with van der Waals surface area (Å²) in [6.45, 7) is 1.86. The van der Waals surface area contributed by atoms with Crippen LogP contribution in [0.4, 0.5) is 0 Å². The number of rotatable bonds is 2. The van der Waals surface area contributed by atoms with Gasteiger partial charge in [-0.05, 0) is 32.1 Å². The zero-order chi connectivity index (χ0) is 11.7. The van der Waals surface area contributed by atoms with E-state index in [0.717, 1.165) is 19.3 Å². The van der Waals surface area contributed by atoms with Crippen molar-refractivity contribution in [2.24, 2.45) is 5.92 Å². The predicted molar refractivity (Wildman–Crippen MR) is 59.5 cm³/mol. The van der Waals surface area contributed by atoms with Crippen molar-refractivity contribution in [2.75, 3.05) is 6.61 Å². The minimum Gasteiger partial charge on any atom is -0.396 e. The summed E-state index contributed by atoms with van der Waals surface area (Å²) in [4.78, 5) is 25.1. The van der Waals surface area contributed by atoms with E-state index in [1.165, 1.54) is 0 Å². The van der Waals surface area contributed by atoms with Gasteiger partial charge in [-0.1, -0.05) is 0 Å². The lowest BCUT2D eigenvalue weighted by Crippen LogP contribution is -2.32. The Balaban J connectivity index is 2.32. The molecule has 2 N–H and O–H groups in total. The van der Waals surface area contributed by atoms with Crippen molar-refractivity contribution in [3.63, 3.8) is 0 Å². The van der Waals surface area contributed by atoms with Crippen molar-refractivity contribution < 1.29 is 5.11 Å². The number of aryl methyl sites for hydroxylation is 1. The molecule has 5 heteroatoms. The molecule has 0 radical (unpaired) electrons. The molecule has 1 aromatic heterocycles. The molecule has 16 heavy (non-hydrogen) atoms. The van der Waals surface area contributed by atoms with Gasteiger partial charge in [-0.2, -0.15) is 0 Å². The van der Waals surface area contributed by atoms with Crippen molar-refractivity contribution in [1.29, 1.82) is 0 Å². The van der Waals surface area contributed by atoms with E-state index in [1.54, 1.807) is 17.7 Å². The quantitative estimate of drug-likeness (QED) is 0.752. The fourth-order valence-electron chi connectivity index (χ4n) is 2.32. The lowest BCUT2D eigenvalue weighted by atomic mass is 10.1. The third-order valence-corrected chi connectivity index (χ3v) is 3.31. The maximum absolute atomic E-state index is 11.6. The number of aliphatic hydroxyl groups is 1. The van der Waals surface area contributed by atoms with E-state index < -0.39 is 0 Å². The van der Waals surface area contributed by atoms with Gasteiger partial charge in [-0.25, -0.2) is 4.79 Å². The highest BCUT2D eigenvalue weighted by Crippen LogP contribution is 2.33. The fourth-order valence-corrected chi connectivity index (χ4v) is 2.32. The van der Waals surface area contributed by atoms with Crippen LogP contribution in [0.5, 0.6) is 0 Å². The molecule has 88 valence electrons. The first-order valence-corrected chi connectivity index (χ1v) is 5.54. The van der Waals surface area contributed by atoms with Crippen LogP contribution in [0.15, 0.2) is 15.8 Å². The number of aromatic nitrogens is 2. The SMILES string of the molecule is Cc1cn(C2CCC(CO)C2)c(=O)[nH]c1=O. The Bertz CT molecular complexity index is 489. The van der Waals surface area contributed by atoms with Gasteiger partial charge < -0.3 is 5.11 Å². The van der Waals surface area contributed by atoms with E-state index >= 15 is 0 Å². The Morgan fingerprint density at radius 2 is 2.25 bits per heavy atom. The highest BCUT2D eigenvalue weighted by Gasteiger charge is 2.26. The minimum absolute atomic E-state index is 0.111. The molecule has 0 saturated heterocycles. The van der Waals surface area contributed by atoms with Gasteiger partial charge in [-0.15, -0.1) is 0 Å². The van der Waals surface area contributed by atoms with Crippen LogP contribution in [0, 0.1) is 12.8 Å². The van der Waals surface area contributed by atoms with E-state index in [9.17, 15) is 9.59 Å². The summed E-state index contributed by atoms with van der Waals surface area (Å²) in [6, 6.07) is 0.111. The molecular weight excluding hydrogens is 208 g/mol. The Morgan fingerprint density at radius 3 is 2.88 bits per heavy atom. The fraction of sp³-hybridized carbons (Fsp3) is 0.636. The first-order chi connectivity index (χ1) is 7.61. The topological polar surface area (TPSA) is 75.1 Å². The molecule has 0 spiro atoms. The van der Waals surface area contributed by atoms with Gasteiger partial charge in [0.2, 0.25) is 0 Å². The second-order valence-electron chi connectivity index (χ2n) is 4.49. The second kappa shape index (κ2) is 4.25. The summed E-state index contributed by atoms with van der Waals surface area (Å²) in [6.07, 6.45) is 4.25. The number of nitrogens with one attached hydrogen (secondary N) is 1. The van der Waals surface area contributed by atoms with E-state index in [1.807, 2.05) is 0 Å².